The molecule has 1 heterocycles. The molecule has 2 rings (SSSR count). The van der Waals surface area contributed by atoms with Gasteiger partial charge in [-0.25, -0.2) is 0 Å². The van der Waals surface area contributed by atoms with Crippen molar-refractivity contribution in [3.8, 4) is 0 Å². The first kappa shape index (κ1) is 17.9. The molecule has 1 aliphatic heterocycles. The molecular formula is C16H24O5Se. The molecule has 5 nitrogen and oxygen atoms in total. The first-order chi connectivity index (χ1) is 10.7. The van der Waals surface area contributed by atoms with Gasteiger partial charge in [-0.2, -0.15) is 0 Å². The van der Waals surface area contributed by atoms with E-state index >= 15 is 0 Å². The molecule has 0 saturated carbocycles. The monoisotopic (exact) mass is 376 g/mol. The van der Waals surface area contributed by atoms with Crippen molar-refractivity contribution in [1.29, 1.82) is 0 Å². The van der Waals surface area contributed by atoms with Crippen LogP contribution in [0, 0.1) is 0 Å². The third-order valence-corrected chi connectivity index (χ3v) is 6.16. The summed E-state index contributed by atoms with van der Waals surface area (Å²) < 4.78 is 29.7. The Labute approximate surface area is 138 Å². The Kier molecular flexibility index (Phi) is 7.31. The van der Waals surface area contributed by atoms with Crippen LogP contribution in [0.5, 0.6) is 0 Å². The van der Waals surface area contributed by atoms with Gasteiger partial charge in [-0.1, -0.05) is 0 Å². The standard InChI is InChI=1S/C16H24O5Se/c1-17-10-12-13(18-2)14(19-3)15(20-4)16(21-12)22-11-8-6-5-7-9-11/h5-9,12-16H,10H2,1-4H3/t12-,13-,14+,15-,16+/m1/s1. The van der Waals surface area contributed by atoms with E-state index in [1.807, 2.05) is 18.2 Å². The number of methoxy groups -OCH3 is 4. The predicted octanol–water partition coefficient (Wildman–Crippen LogP) is 0.432. The van der Waals surface area contributed by atoms with E-state index in [1.165, 1.54) is 4.46 Å². The van der Waals surface area contributed by atoms with Crippen molar-refractivity contribution in [2.45, 2.75) is 29.4 Å². The SMILES string of the molecule is COC[C@H]1O[C@@H]([Se]c2ccccc2)[C@H](OC)[C@@H](OC)[C@@H]1OC. The average Bonchev–Trinajstić information content (AvgIpc) is 2.55. The molecule has 1 aliphatic rings. The zero-order chi connectivity index (χ0) is 15.9. The molecule has 0 aliphatic carbocycles. The molecular weight excluding hydrogens is 351 g/mol. The van der Waals surface area contributed by atoms with Gasteiger partial charge in [0.05, 0.1) is 0 Å². The number of rotatable bonds is 7. The van der Waals surface area contributed by atoms with Crippen molar-refractivity contribution < 1.29 is 23.7 Å². The first-order valence-electron chi connectivity index (χ1n) is 7.19. The van der Waals surface area contributed by atoms with Crippen molar-refractivity contribution in [3.63, 3.8) is 0 Å². The molecule has 0 radical (unpaired) electrons. The average molecular weight is 375 g/mol. The van der Waals surface area contributed by atoms with Crippen LogP contribution in [-0.4, -0.2) is 79.4 Å². The van der Waals surface area contributed by atoms with Crippen LogP contribution < -0.4 is 4.46 Å². The Hall–Kier alpha value is -0.461. The van der Waals surface area contributed by atoms with E-state index < -0.39 is 0 Å². The van der Waals surface area contributed by atoms with E-state index in [0.29, 0.717) is 6.61 Å². The molecule has 1 aromatic rings. The molecule has 1 saturated heterocycles. The van der Waals surface area contributed by atoms with Gasteiger partial charge in [-0.15, -0.1) is 0 Å². The summed E-state index contributed by atoms with van der Waals surface area (Å²) in [6, 6.07) is 10.3. The van der Waals surface area contributed by atoms with Crippen molar-refractivity contribution in [2.24, 2.45) is 0 Å². The summed E-state index contributed by atoms with van der Waals surface area (Å²) in [7, 11) is 6.71. The second kappa shape index (κ2) is 8.99. The molecule has 0 unspecified atom stereocenters. The van der Waals surface area contributed by atoms with Gasteiger partial charge in [0, 0.05) is 0 Å². The van der Waals surface area contributed by atoms with Crippen LogP contribution in [-0.2, 0) is 23.7 Å². The van der Waals surface area contributed by atoms with Crippen LogP contribution in [0.1, 0.15) is 0 Å². The van der Waals surface area contributed by atoms with Crippen molar-refractivity contribution in [3.05, 3.63) is 30.3 Å². The van der Waals surface area contributed by atoms with Crippen molar-refractivity contribution in [1.82, 2.24) is 0 Å². The zero-order valence-electron chi connectivity index (χ0n) is 13.4. The quantitative estimate of drug-likeness (QED) is 0.647. The summed E-state index contributed by atoms with van der Waals surface area (Å²) in [6.07, 6.45) is -0.720. The Morgan fingerprint density at radius 1 is 0.909 bits per heavy atom. The fourth-order valence-corrected chi connectivity index (χ4v) is 5.18. The van der Waals surface area contributed by atoms with Crippen LogP contribution in [0.4, 0.5) is 0 Å². The molecule has 0 bridgehead atoms. The molecule has 0 amide bonds. The normalized spacial score (nSPS) is 32.1. The summed E-state index contributed by atoms with van der Waals surface area (Å²) in [4.78, 5) is 0. The van der Waals surface area contributed by atoms with Crippen LogP contribution >= 0.6 is 0 Å². The summed E-state index contributed by atoms with van der Waals surface area (Å²) in [5, 5.41) is -0.0450. The van der Waals surface area contributed by atoms with E-state index in [4.69, 9.17) is 23.7 Å². The van der Waals surface area contributed by atoms with Gasteiger partial charge in [0.25, 0.3) is 0 Å². The first-order valence-corrected chi connectivity index (χ1v) is 9.04. The molecule has 1 aromatic carbocycles. The maximum atomic E-state index is 6.24. The van der Waals surface area contributed by atoms with Gasteiger partial charge in [0.2, 0.25) is 0 Å². The second-order valence-corrected chi connectivity index (χ2v) is 7.49. The van der Waals surface area contributed by atoms with E-state index in [0.717, 1.165) is 0 Å². The van der Waals surface area contributed by atoms with Gasteiger partial charge in [0.15, 0.2) is 0 Å². The Balaban J connectivity index is 2.19. The summed E-state index contributed by atoms with van der Waals surface area (Å²) in [5.41, 5.74) is 0. The Morgan fingerprint density at radius 2 is 1.55 bits per heavy atom. The zero-order valence-corrected chi connectivity index (χ0v) is 15.1. The van der Waals surface area contributed by atoms with E-state index in [-0.39, 0.29) is 44.4 Å². The van der Waals surface area contributed by atoms with Crippen molar-refractivity contribution in [2.75, 3.05) is 35.0 Å². The molecule has 124 valence electrons. The van der Waals surface area contributed by atoms with Gasteiger partial charge < -0.3 is 0 Å². The fourth-order valence-electron chi connectivity index (χ4n) is 2.71. The topological polar surface area (TPSA) is 46.2 Å². The van der Waals surface area contributed by atoms with Gasteiger partial charge in [-0.05, 0) is 0 Å². The Bertz CT molecular complexity index is 430. The fraction of sp³-hybridized carbons (Fsp3) is 0.625. The van der Waals surface area contributed by atoms with Crippen LogP contribution in [0.2, 0.25) is 0 Å². The molecule has 0 aromatic heterocycles. The summed E-state index contributed by atoms with van der Waals surface area (Å²) in [5.74, 6) is 0. The number of hydrogen-bond acceptors (Lipinski definition) is 5. The molecule has 1 fully saturated rings. The molecule has 0 N–H and O–H groups in total. The van der Waals surface area contributed by atoms with Crippen LogP contribution in [0.3, 0.4) is 0 Å². The van der Waals surface area contributed by atoms with E-state index in [2.05, 4.69) is 12.1 Å². The minimum absolute atomic E-state index is 0.0450. The minimum atomic E-state index is -0.210. The number of ether oxygens (including phenoxy) is 5. The second-order valence-electron chi connectivity index (χ2n) is 5.03. The number of benzene rings is 1. The molecule has 22 heavy (non-hydrogen) atoms. The summed E-state index contributed by atoms with van der Waals surface area (Å²) >= 11 is 0.115. The third-order valence-electron chi connectivity index (χ3n) is 3.73. The van der Waals surface area contributed by atoms with Crippen molar-refractivity contribution >= 4 is 19.4 Å². The molecule has 0 spiro atoms. The van der Waals surface area contributed by atoms with Gasteiger partial charge in [0.1, 0.15) is 0 Å². The molecule has 5 atom stereocenters. The van der Waals surface area contributed by atoms with Gasteiger partial charge in [-0.3, -0.25) is 0 Å². The predicted molar refractivity (Wildman–Crippen MR) is 84.8 cm³/mol. The Morgan fingerprint density at radius 3 is 2.09 bits per heavy atom. The summed E-state index contributed by atoms with van der Waals surface area (Å²) in [6.45, 7) is 0.468. The third kappa shape index (κ3) is 4.09. The van der Waals surface area contributed by atoms with Crippen LogP contribution in [0.25, 0.3) is 0 Å². The van der Waals surface area contributed by atoms with E-state index in [1.54, 1.807) is 28.4 Å². The number of hydrogen-bond donors (Lipinski definition) is 0. The maximum absolute atomic E-state index is 6.24. The molecule has 6 heteroatoms. The van der Waals surface area contributed by atoms with Crippen LogP contribution in [0.15, 0.2) is 30.3 Å². The van der Waals surface area contributed by atoms with Gasteiger partial charge >= 0.3 is 138 Å². The van der Waals surface area contributed by atoms with E-state index in [9.17, 15) is 0 Å².